The van der Waals surface area contributed by atoms with Crippen molar-refractivity contribution in [2.45, 2.75) is 26.9 Å². The number of aryl methyl sites for hydroxylation is 4. The molecule has 2 aromatic heterocycles. The van der Waals surface area contributed by atoms with Crippen molar-refractivity contribution in [1.82, 2.24) is 9.13 Å². The maximum absolute atomic E-state index is 8.25. The van der Waals surface area contributed by atoms with Crippen LogP contribution in [0.4, 0.5) is 0 Å². The van der Waals surface area contributed by atoms with Gasteiger partial charge >= 0.3 is 0 Å². The van der Waals surface area contributed by atoms with Crippen LogP contribution in [-0.4, -0.2) is 29.5 Å². The Morgan fingerprint density at radius 3 is 0.771 bits per heavy atom. The Morgan fingerprint density at radius 1 is 0.562 bits per heavy atom. The molecule has 0 amide bonds. The molecule has 0 unspecified atom stereocenters. The van der Waals surface area contributed by atoms with Gasteiger partial charge in [-0.1, -0.05) is 0 Å². The molecule has 2 heterocycles. The average Bonchev–Trinajstić information content (AvgIpc) is 3.47. The third kappa shape index (κ3) is 150. The van der Waals surface area contributed by atoms with Gasteiger partial charge in [0.1, 0.15) is 24.8 Å². The quantitative estimate of drug-likeness (QED) is 0.164. The second-order valence-corrected chi connectivity index (χ2v) is 5.34. The van der Waals surface area contributed by atoms with E-state index in [9.17, 15) is 0 Å². The van der Waals surface area contributed by atoms with Gasteiger partial charge in [-0.2, -0.15) is 0 Å². The average molecular weight is 1140 g/mol. The standard InChI is InChI=1S/2C6H11N2.2C2N3.4NO3.4O.2U/c2*1-3-8-5-4-7(2)6-8;2*3-1-5-2-4;4*2-1(3)4;;;;;;/h2*4-6H,3H2,1-2H3;;;;;;;;;;;;/q2*+1;6*-1;4*-2;;. The first-order chi connectivity index (χ1) is 19.4. The molecular formula is C16H22N14O16U2-12. The van der Waals surface area contributed by atoms with Crippen LogP contribution in [-0.2, 0) is 49.1 Å². The van der Waals surface area contributed by atoms with Crippen LogP contribution in [0.5, 0.6) is 0 Å². The van der Waals surface area contributed by atoms with E-state index in [4.69, 9.17) is 82.3 Å². The number of imidazole rings is 2. The number of nitriles is 4. The van der Waals surface area contributed by atoms with Crippen molar-refractivity contribution in [2.75, 3.05) is 0 Å². The zero-order valence-corrected chi connectivity index (χ0v) is 33.0. The monoisotopic (exact) mass is 1140 g/mol. The Balaban J connectivity index is -0.0000000309. The second-order valence-electron chi connectivity index (χ2n) is 5.34. The summed E-state index contributed by atoms with van der Waals surface area (Å²) in [5.74, 6) is 0. The first-order valence-electron chi connectivity index (χ1n) is 9.65. The minimum atomic E-state index is -1.75. The molecule has 0 aromatic carbocycles. The molecular weight excluding hydrogens is 1120 g/mol. The SMILES string of the molecule is CCn1cc[n+](C)c1.CCn1cc[n+](C)c1.N#C[N-]C#N.N#C[N-]C#N.O=[N+]([O-])[O-].O=[N+]([O-])[O-].O=[N+]([O-])[O-].O=[N+]([O-])[O-].[O-2].[O-2].[O-2].[O-2].[U].[U]. The van der Waals surface area contributed by atoms with Crippen LogP contribution in [0.15, 0.2) is 37.4 Å². The topological polar surface area (TPSA) is 520 Å². The van der Waals surface area contributed by atoms with Crippen molar-refractivity contribution < 1.29 is 114 Å². The van der Waals surface area contributed by atoms with Gasteiger partial charge in [0.25, 0.3) is 0 Å². The van der Waals surface area contributed by atoms with Gasteiger partial charge in [-0.25, -0.2) is 18.3 Å². The smallest absolute Gasteiger partial charge is 0.243 e. The van der Waals surface area contributed by atoms with Crippen LogP contribution >= 0.6 is 0 Å². The first kappa shape index (κ1) is 78.8. The number of hydrogen-bond donors (Lipinski definition) is 0. The third-order valence-corrected chi connectivity index (χ3v) is 2.58. The molecule has 0 aliphatic carbocycles. The minimum Gasteiger partial charge on any atom is -2.00 e. The largest absolute Gasteiger partial charge is 2.00 e. The number of nitrogens with zero attached hydrogens (tertiary/aromatic N) is 14. The summed E-state index contributed by atoms with van der Waals surface area (Å²) < 4.78 is 8.31. The van der Waals surface area contributed by atoms with Gasteiger partial charge in [0.2, 0.25) is 12.7 Å². The molecule has 272 valence electrons. The molecule has 0 radical (unpaired) electrons. The van der Waals surface area contributed by atoms with Crippen molar-refractivity contribution in [1.29, 1.82) is 21.0 Å². The maximum Gasteiger partial charge on any atom is 0.243 e. The number of hydrogen-bond acceptors (Lipinski definition) is 16. The van der Waals surface area contributed by atoms with E-state index in [1.54, 1.807) is 0 Å². The summed E-state index contributed by atoms with van der Waals surface area (Å²) >= 11 is 0. The van der Waals surface area contributed by atoms with E-state index in [1.165, 1.54) is 24.8 Å². The normalized spacial score (nSPS) is 6.00. The predicted octanol–water partition coefficient (Wildman–Crippen LogP) is -0.122. The van der Waals surface area contributed by atoms with Crippen LogP contribution in [0, 0.1) is 169 Å². The van der Waals surface area contributed by atoms with Crippen LogP contribution in [0.2, 0.25) is 0 Å². The Hall–Kier alpha value is -5.28. The fourth-order valence-electron chi connectivity index (χ4n) is 1.42. The van der Waals surface area contributed by atoms with Gasteiger partial charge in [-0.05, 0) is 13.8 Å². The molecule has 0 aliphatic heterocycles. The van der Waals surface area contributed by atoms with E-state index < -0.39 is 20.3 Å². The summed E-state index contributed by atoms with van der Waals surface area (Å²) in [5, 5.41) is 93.9. The molecule has 0 N–H and O–H groups in total. The molecule has 0 fully saturated rings. The molecule has 2 aromatic rings. The van der Waals surface area contributed by atoms with E-state index in [0.29, 0.717) is 0 Å². The fourth-order valence-corrected chi connectivity index (χ4v) is 1.42. The Morgan fingerprint density at radius 2 is 0.729 bits per heavy atom. The molecule has 2 rings (SSSR count). The number of aromatic nitrogens is 4. The minimum absolute atomic E-state index is 0. The second kappa shape index (κ2) is 64.6. The third-order valence-electron chi connectivity index (χ3n) is 2.58. The summed E-state index contributed by atoms with van der Waals surface area (Å²) in [6.45, 7) is 6.36. The zero-order valence-electron chi connectivity index (χ0n) is 24.7. The van der Waals surface area contributed by atoms with Gasteiger partial charge < -0.3 is 104 Å². The van der Waals surface area contributed by atoms with Crippen LogP contribution in [0.1, 0.15) is 13.8 Å². The van der Waals surface area contributed by atoms with Crippen molar-refractivity contribution in [3.63, 3.8) is 0 Å². The Labute approximate surface area is 317 Å². The molecule has 30 nitrogen and oxygen atoms in total. The fraction of sp³-hybridized carbons (Fsp3) is 0.375. The zero-order chi connectivity index (χ0) is 34.5. The van der Waals surface area contributed by atoms with Gasteiger partial charge in [-0.15, -0.1) is 0 Å². The first-order valence-corrected chi connectivity index (χ1v) is 9.65. The summed E-state index contributed by atoms with van der Waals surface area (Å²) in [4.78, 5) is 33.0. The Bertz CT molecular complexity index is 1020. The molecule has 48 heavy (non-hydrogen) atoms. The van der Waals surface area contributed by atoms with Crippen LogP contribution in [0.25, 0.3) is 10.6 Å². The van der Waals surface area contributed by atoms with Gasteiger partial charge in [0, 0.05) is 87.0 Å². The van der Waals surface area contributed by atoms with E-state index in [2.05, 4.69) is 58.7 Å². The van der Waals surface area contributed by atoms with E-state index in [-0.39, 0.29) is 84.1 Å². The van der Waals surface area contributed by atoms with Crippen molar-refractivity contribution in [2.24, 2.45) is 14.1 Å². The molecule has 32 heteroatoms. The summed E-state index contributed by atoms with van der Waals surface area (Å²) in [5.41, 5.74) is 0. The van der Waals surface area contributed by atoms with Crippen molar-refractivity contribution in [3.05, 3.63) is 109 Å². The van der Waals surface area contributed by atoms with Gasteiger partial charge in [0.05, 0.1) is 47.5 Å². The number of rotatable bonds is 2. The van der Waals surface area contributed by atoms with Crippen molar-refractivity contribution >= 4 is 0 Å². The molecule has 0 saturated carbocycles. The summed E-state index contributed by atoms with van der Waals surface area (Å²) in [6.07, 6.45) is 17.4. The maximum atomic E-state index is 8.25. The molecule has 0 aliphatic rings. The van der Waals surface area contributed by atoms with Gasteiger partial charge in [-0.3, -0.25) is 10.6 Å². The summed E-state index contributed by atoms with van der Waals surface area (Å²) in [6, 6.07) is 0. The summed E-state index contributed by atoms with van der Waals surface area (Å²) in [7, 11) is 4.04. The van der Waals surface area contributed by atoms with Crippen LogP contribution < -0.4 is 9.13 Å². The van der Waals surface area contributed by atoms with Crippen molar-refractivity contribution in [3.8, 4) is 24.8 Å². The molecule has 0 spiro atoms. The van der Waals surface area contributed by atoms with E-state index in [1.807, 2.05) is 35.6 Å². The molecule has 0 atom stereocenters. The van der Waals surface area contributed by atoms with Crippen LogP contribution in [0.3, 0.4) is 0 Å². The molecule has 0 saturated heterocycles. The Kier molecular flexibility index (Phi) is 106. The molecule has 0 bridgehead atoms. The predicted molar refractivity (Wildman–Crippen MR) is 136 cm³/mol. The van der Waals surface area contributed by atoms with E-state index >= 15 is 0 Å². The van der Waals surface area contributed by atoms with Gasteiger partial charge in [0.15, 0.2) is 0 Å². The van der Waals surface area contributed by atoms with E-state index in [0.717, 1.165) is 13.1 Å².